The molecule has 0 aliphatic heterocycles. The van der Waals surface area contributed by atoms with Gasteiger partial charge in [0.2, 0.25) is 0 Å². The van der Waals surface area contributed by atoms with E-state index in [2.05, 4.69) is 4.74 Å². The summed E-state index contributed by atoms with van der Waals surface area (Å²) in [7, 11) is 0. The molecular formula is C17H11F3O5. The smallest absolute Gasteiger partial charge is 0.478 e. The third kappa shape index (κ3) is 6.02. The lowest BCUT2D eigenvalue weighted by Crippen LogP contribution is -2.17. The van der Waals surface area contributed by atoms with Crippen LogP contribution >= 0.6 is 0 Å². The Balaban J connectivity index is 2.00. The number of alkyl halides is 3. The summed E-state index contributed by atoms with van der Waals surface area (Å²) in [6.45, 7) is 0. The summed E-state index contributed by atoms with van der Waals surface area (Å²) in [4.78, 5) is 22.4. The van der Waals surface area contributed by atoms with Crippen LogP contribution in [0.3, 0.4) is 0 Å². The van der Waals surface area contributed by atoms with Gasteiger partial charge in [-0.2, -0.15) is 0 Å². The van der Waals surface area contributed by atoms with Gasteiger partial charge in [-0.3, -0.25) is 0 Å². The van der Waals surface area contributed by atoms with Crippen LogP contribution in [-0.2, 0) is 4.79 Å². The second-order valence-corrected chi connectivity index (χ2v) is 4.70. The van der Waals surface area contributed by atoms with Gasteiger partial charge in [0.25, 0.3) is 0 Å². The summed E-state index contributed by atoms with van der Waals surface area (Å²) in [5.74, 6) is -2.18. The van der Waals surface area contributed by atoms with Crippen molar-refractivity contribution in [2.45, 2.75) is 6.36 Å². The minimum absolute atomic E-state index is 0.0503. The van der Waals surface area contributed by atoms with E-state index < -0.39 is 24.1 Å². The average molecular weight is 352 g/mol. The number of ether oxygens (including phenoxy) is 2. The molecule has 0 radical (unpaired) electrons. The van der Waals surface area contributed by atoms with Crippen molar-refractivity contribution in [2.75, 3.05) is 0 Å². The highest BCUT2D eigenvalue weighted by molar-refractivity contribution is 5.91. The molecule has 0 amide bonds. The van der Waals surface area contributed by atoms with E-state index >= 15 is 0 Å². The standard InChI is InChI=1S/C17H11F3O5/c18-17(19,20)25-14-8-6-13(7-9-14)24-16(23)12-4-1-11(2-5-12)3-10-15(21)22/h1-10H,(H,21,22). The number of carboxylic acids is 1. The van der Waals surface area contributed by atoms with Crippen molar-refractivity contribution in [3.05, 3.63) is 65.7 Å². The van der Waals surface area contributed by atoms with Gasteiger partial charge in [0, 0.05) is 6.08 Å². The number of carbonyl (C=O) groups is 2. The van der Waals surface area contributed by atoms with Gasteiger partial charge in [0.05, 0.1) is 5.56 Å². The Bertz CT molecular complexity index is 777. The summed E-state index contributed by atoms with van der Waals surface area (Å²) >= 11 is 0. The largest absolute Gasteiger partial charge is 0.573 e. The van der Waals surface area contributed by atoms with Gasteiger partial charge >= 0.3 is 18.3 Å². The van der Waals surface area contributed by atoms with Gasteiger partial charge in [-0.15, -0.1) is 13.2 Å². The number of carboxylic acid groups (broad SMARTS) is 1. The lowest BCUT2D eigenvalue weighted by atomic mass is 10.1. The van der Waals surface area contributed by atoms with Crippen LogP contribution in [0.5, 0.6) is 11.5 Å². The highest BCUT2D eigenvalue weighted by Crippen LogP contribution is 2.25. The predicted molar refractivity (Wildman–Crippen MR) is 81.2 cm³/mol. The van der Waals surface area contributed by atoms with Crippen LogP contribution in [0, 0.1) is 0 Å². The molecule has 0 aliphatic rings. The molecule has 25 heavy (non-hydrogen) atoms. The normalized spacial score (nSPS) is 11.3. The fourth-order valence-electron chi connectivity index (χ4n) is 1.77. The van der Waals surface area contributed by atoms with Crippen LogP contribution < -0.4 is 9.47 Å². The van der Waals surface area contributed by atoms with Gasteiger partial charge in [0.15, 0.2) is 0 Å². The van der Waals surface area contributed by atoms with E-state index in [0.717, 1.165) is 18.2 Å². The van der Waals surface area contributed by atoms with Crippen LogP contribution in [-0.4, -0.2) is 23.4 Å². The SMILES string of the molecule is O=C(O)C=Cc1ccc(C(=O)Oc2ccc(OC(F)(F)F)cc2)cc1. The zero-order chi connectivity index (χ0) is 18.4. The number of aliphatic carboxylic acids is 1. The number of rotatable bonds is 5. The van der Waals surface area contributed by atoms with Crippen LogP contribution in [0.25, 0.3) is 6.08 Å². The first-order chi connectivity index (χ1) is 11.7. The highest BCUT2D eigenvalue weighted by atomic mass is 19.4. The van der Waals surface area contributed by atoms with E-state index in [1.54, 1.807) is 0 Å². The number of esters is 1. The third-order valence-corrected chi connectivity index (χ3v) is 2.83. The van der Waals surface area contributed by atoms with Gasteiger partial charge < -0.3 is 14.6 Å². The fourth-order valence-corrected chi connectivity index (χ4v) is 1.77. The molecule has 8 heteroatoms. The molecule has 0 aromatic heterocycles. The monoisotopic (exact) mass is 352 g/mol. The molecule has 2 rings (SSSR count). The Morgan fingerprint density at radius 3 is 2.00 bits per heavy atom. The molecule has 0 bridgehead atoms. The second kappa shape index (κ2) is 7.52. The summed E-state index contributed by atoms with van der Waals surface area (Å²) in [6.07, 6.45) is -2.48. The summed E-state index contributed by atoms with van der Waals surface area (Å²) in [5.41, 5.74) is 0.774. The lowest BCUT2D eigenvalue weighted by molar-refractivity contribution is -0.274. The zero-order valence-electron chi connectivity index (χ0n) is 12.5. The maximum Gasteiger partial charge on any atom is 0.573 e. The Morgan fingerprint density at radius 1 is 0.920 bits per heavy atom. The number of hydrogen-bond donors (Lipinski definition) is 1. The van der Waals surface area contributed by atoms with Gasteiger partial charge in [-0.1, -0.05) is 12.1 Å². The molecule has 5 nitrogen and oxygen atoms in total. The average Bonchev–Trinajstić information content (AvgIpc) is 2.54. The molecule has 0 saturated heterocycles. The Kier molecular flexibility index (Phi) is 5.43. The van der Waals surface area contributed by atoms with Crippen molar-refractivity contribution in [1.29, 1.82) is 0 Å². The van der Waals surface area contributed by atoms with E-state index in [-0.39, 0.29) is 11.3 Å². The van der Waals surface area contributed by atoms with Crippen molar-refractivity contribution in [3.8, 4) is 11.5 Å². The van der Waals surface area contributed by atoms with Crippen molar-refractivity contribution < 1.29 is 37.3 Å². The maximum absolute atomic E-state index is 12.1. The summed E-state index contributed by atoms with van der Waals surface area (Å²) < 4.78 is 44.9. The van der Waals surface area contributed by atoms with Crippen LogP contribution in [0.4, 0.5) is 13.2 Å². The Labute approximate surface area is 139 Å². The lowest BCUT2D eigenvalue weighted by Gasteiger charge is -2.09. The number of halogens is 3. The highest BCUT2D eigenvalue weighted by Gasteiger charge is 2.31. The molecule has 2 aromatic carbocycles. The minimum Gasteiger partial charge on any atom is -0.478 e. The molecular weight excluding hydrogens is 341 g/mol. The predicted octanol–water partition coefficient (Wildman–Crippen LogP) is 3.90. The Hall–Kier alpha value is -3.29. The molecule has 0 unspecified atom stereocenters. The van der Waals surface area contributed by atoms with E-state index in [1.807, 2.05) is 0 Å². The molecule has 2 aromatic rings. The molecule has 0 atom stereocenters. The van der Waals surface area contributed by atoms with Crippen molar-refractivity contribution >= 4 is 18.0 Å². The topological polar surface area (TPSA) is 72.8 Å². The van der Waals surface area contributed by atoms with E-state index in [1.165, 1.54) is 42.5 Å². The van der Waals surface area contributed by atoms with Crippen LogP contribution in [0.15, 0.2) is 54.6 Å². The number of hydrogen-bond acceptors (Lipinski definition) is 4. The van der Waals surface area contributed by atoms with Crippen LogP contribution in [0.1, 0.15) is 15.9 Å². The Morgan fingerprint density at radius 2 is 1.48 bits per heavy atom. The second-order valence-electron chi connectivity index (χ2n) is 4.70. The zero-order valence-corrected chi connectivity index (χ0v) is 12.5. The van der Waals surface area contributed by atoms with Crippen molar-refractivity contribution in [3.63, 3.8) is 0 Å². The summed E-state index contributed by atoms with van der Waals surface area (Å²) in [6, 6.07) is 10.3. The number of benzene rings is 2. The molecule has 0 saturated carbocycles. The van der Waals surface area contributed by atoms with E-state index in [9.17, 15) is 22.8 Å². The molecule has 0 heterocycles. The quantitative estimate of drug-likeness (QED) is 0.502. The first-order valence-electron chi connectivity index (χ1n) is 6.82. The van der Waals surface area contributed by atoms with Gasteiger partial charge in [0.1, 0.15) is 11.5 Å². The molecule has 130 valence electrons. The molecule has 0 fully saturated rings. The van der Waals surface area contributed by atoms with Gasteiger partial charge in [-0.25, -0.2) is 9.59 Å². The fraction of sp³-hybridized carbons (Fsp3) is 0.0588. The van der Waals surface area contributed by atoms with E-state index in [0.29, 0.717) is 5.56 Å². The summed E-state index contributed by atoms with van der Waals surface area (Å²) in [5, 5.41) is 8.53. The van der Waals surface area contributed by atoms with Crippen molar-refractivity contribution in [1.82, 2.24) is 0 Å². The van der Waals surface area contributed by atoms with E-state index in [4.69, 9.17) is 9.84 Å². The third-order valence-electron chi connectivity index (χ3n) is 2.83. The van der Waals surface area contributed by atoms with Crippen molar-refractivity contribution in [2.24, 2.45) is 0 Å². The first kappa shape index (κ1) is 18.1. The minimum atomic E-state index is -4.80. The molecule has 0 aliphatic carbocycles. The number of carbonyl (C=O) groups excluding carboxylic acids is 1. The van der Waals surface area contributed by atoms with Crippen LogP contribution in [0.2, 0.25) is 0 Å². The molecule has 0 spiro atoms. The maximum atomic E-state index is 12.1. The molecule has 1 N–H and O–H groups in total. The first-order valence-corrected chi connectivity index (χ1v) is 6.82. The van der Waals surface area contributed by atoms with Gasteiger partial charge in [-0.05, 0) is 48.0 Å².